The molecule has 3 heteroatoms. The van der Waals surface area contributed by atoms with Gasteiger partial charge in [0.25, 0.3) is 5.91 Å². The molecular weight excluding hydrogens is 282 g/mol. The van der Waals surface area contributed by atoms with E-state index >= 15 is 0 Å². The van der Waals surface area contributed by atoms with Crippen LogP contribution in [-0.2, 0) is 5.88 Å². The Morgan fingerprint density at radius 3 is 2.62 bits per heavy atom. The van der Waals surface area contributed by atoms with E-state index in [0.29, 0.717) is 11.4 Å². The Morgan fingerprint density at radius 1 is 1.19 bits per heavy atom. The monoisotopic (exact) mass is 301 g/mol. The Kier molecular flexibility index (Phi) is 5.03. The molecule has 2 aromatic rings. The highest BCUT2D eigenvalue weighted by atomic mass is 35.5. The van der Waals surface area contributed by atoms with Crippen LogP contribution >= 0.6 is 11.6 Å². The van der Waals surface area contributed by atoms with Crippen molar-refractivity contribution in [3.63, 3.8) is 0 Å². The highest BCUT2D eigenvalue weighted by Gasteiger charge is 2.13. The van der Waals surface area contributed by atoms with Crippen molar-refractivity contribution in [2.45, 2.75) is 32.7 Å². The molecule has 2 aromatic carbocycles. The molecule has 0 aliphatic carbocycles. The summed E-state index contributed by atoms with van der Waals surface area (Å²) in [6.07, 6.45) is 0. The molecule has 1 unspecified atom stereocenters. The van der Waals surface area contributed by atoms with Crippen molar-refractivity contribution in [2.75, 3.05) is 0 Å². The minimum Gasteiger partial charge on any atom is -0.346 e. The van der Waals surface area contributed by atoms with Crippen LogP contribution in [0.5, 0.6) is 0 Å². The molecule has 0 radical (unpaired) electrons. The third-order valence-corrected chi connectivity index (χ3v) is 3.89. The van der Waals surface area contributed by atoms with E-state index in [2.05, 4.69) is 37.4 Å². The van der Waals surface area contributed by atoms with Gasteiger partial charge >= 0.3 is 0 Å². The number of benzene rings is 2. The average Bonchev–Trinajstić information content (AvgIpc) is 2.47. The topological polar surface area (TPSA) is 29.1 Å². The highest BCUT2D eigenvalue weighted by molar-refractivity contribution is 6.17. The van der Waals surface area contributed by atoms with E-state index in [1.807, 2.05) is 25.1 Å². The van der Waals surface area contributed by atoms with E-state index in [0.717, 1.165) is 11.1 Å². The van der Waals surface area contributed by atoms with Crippen molar-refractivity contribution in [1.29, 1.82) is 0 Å². The van der Waals surface area contributed by atoms with Crippen LogP contribution in [0.25, 0.3) is 0 Å². The molecule has 21 heavy (non-hydrogen) atoms. The van der Waals surface area contributed by atoms with Gasteiger partial charge in [0.2, 0.25) is 0 Å². The molecule has 0 saturated heterocycles. The summed E-state index contributed by atoms with van der Waals surface area (Å²) in [4.78, 5) is 12.3. The molecule has 0 spiro atoms. The standard InChI is InChI=1S/C18H20ClNO/c1-12-7-8-17(13(2)9-12)14(3)20-18(21)16-6-4-5-15(10-16)11-19/h4-10,14H,11H2,1-3H3,(H,20,21). The maximum Gasteiger partial charge on any atom is 0.251 e. The molecule has 2 rings (SSSR count). The second kappa shape index (κ2) is 6.77. The molecule has 1 atom stereocenters. The Morgan fingerprint density at radius 2 is 1.95 bits per heavy atom. The molecule has 0 aliphatic rings. The van der Waals surface area contributed by atoms with Gasteiger partial charge in [-0.05, 0) is 49.6 Å². The zero-order valence-electron chi connectivity index (χ0n) is 12.6. The predicted molar refractivity (Wildman–Crippen MR) is 87.8 cm³/mol. The number of halogens is 1. The number of amides is 1. The average molecular weight is 302 g/mol. The van der Waals surface area contributed by atoms with E-state index in [1.165, 1.54) is 11.1 Å². The molecule has 0 saturated carbocycles. The van der Waals surface area contributed by atoms with Gasteiger partial charge in [0.05, 0.1) is 6.04 Å². The smallest absolute Gasteiger partial charge is 0.251 e. The van der Waals surface area contributed by atoms with Crippen LogP contribution < -0.4 is 5.32 Å². The number of nitrogens with one attached hydrogen (secondary N) is 1. The number of aryl methyl sites for hydroxylation is 2. The molecular formula is C18H20ClNO. The van der Waals surface area contributed by atoms with Gasteiger partial charge in [0.15, 0.2) is 0 Å². The van der Waals surface area contributed by atoms with Crippen LogP contribution in [-0.4, -0.2) is 5.91 Å². The summed E-state index contributed by atoms with van der Waals surface area (Å²) in [7, 11) is 0. The zero-order valence-corrected chi connectivity index (χ0v) is 13.4. The molecule has 110 valence electrons. The highest BCUT2D eigenvalue weighted by Crippen LogP contribution is 2.19. The van der Waals surface area contributed by atoms with Crippen LogP contribution in [0.4, 0.5) is 0 Å². The molecule has 0 fully saturated rings. The lowest BCUT2D eigenvalue weighted by Gasteiger charge is -2.17. The molecule has 0 aromatic heterocycles. The van der Waals surface area contributed by atoms with Gasteiger partial charge in [-0.15, -0.1) is 11.6 Å². The first-order valence-electron chi connectivity index (χ1n) is 7.04. The normalized spacial score (nSPS) is 12.0. The second-order valence-electron chi connectivity index (χ2n) is 5.39. The number of hydrogen-bond acceptors (Lipinski definition) is 1. The fraction of sp³-hybridized carbons (Fsp3) is 0.278. The molecule has 0 aliphatic heterocycles. The molecule has 1 amide bonds. The van der Waals surface area contributed by atoms with Crippen LogP contribution in [0.1, 0.15) is 45.6 Å². The van der Waals surface area contributed by atoms with Crippen LogP contribution in [0.3, 0.4) is 0 Å². The lowest BCUT2D eigenvalue weighted by atomic mass is 10.00. The molecule has 1 N–H and O–H groups in total. The Hall–Kier alpha value is -1.80. The first kappa shape index (κ1) is 15.6. The van der Waals surface area contributed by atoms with Crippen molar-refractivity contribution < 1.29 is 4.79 Å². The van der Waals surface area contributed by atoms with Crippen molar-refractivity contribution in [3.05, 3.63) is 70.3 Å². The fourth-order valence-electron chi connectivity index (χ4n) is 2.46. The maximum atomic E-state index is 12.3. The van der Waals surface area contributed by atoms with Crippen molar-refractivity contribution in [3.8, 4) is 0 Å². The minimum absolute atomic E-state index is 0.0299. The summed E-state index contributed by atoms with van der Waals surface area (Å²) in [6.45, 7) is 6.14. The summed E-state index contributed by atoms with van der Waals surface area (Å²) in [5.41, 5.74) is 5.15. The number of carbonyl (C=O) groups is 1. The van der Waals surface area contributed by atoms with E-state index in [4.69, 9.17) is 11.6 Å². The van der Waals surface area contributed by atoms with Crippen molar-refractivity contribution >= 4 is 17.5 Å². The van der Waals surface area contributed by atoms with Crippen molar-refractivity contribution in [2.24, 2.45) is 0 Å². The number of carbonyl (C=O) groups excluding carboxylic acids is 1. The summed E-state index contributed by atoms with van der Waals surface area (Å²) >= 11 is 5.81. The first-order valence-corrected chi connectivity index (χ1v) is 7.57. The Labute approximate surface area is 131 Å². The first-order chi connectivity index (χ1) is 10.0. The summed E-state index contributed by atoms with van der Waals surface area (Å²) in [5, 5.41) is 3.04. The lowest BCUT2D eigenvalue weighted by molar-refractivity contribution is 0.0939. The third kappa shape index (κ3) is 3.85. The number of hydrogen-bond donors (Lipinski definition) is 1. The third-order valence-electron chi connectivity index (χ3n) is 3.58. The maximum absolute atomic E-state index is 12.3. The summed E-state index contributed by atoms with van der Waals surface area (Å²) in [6, 6.07) is 13.6. The largest absolute Gasteiger partial charge is 0.346 e. The number of rotatable bonds is 4. The zero-order chi connectivity index (χ0) is 15.4. The van der Waals surface area contributed by atoms with E-state index in [-0.39, 0.29) is 11.9 Å². The van der Waals surface area contributed by atoms with Crippen molar-refractivity contribution in [1.82, 2.24) is 5.32 Å². The molecule has 0 heterocycles. The summed E-state index contributed by atoms with van der Waals surface area (Å²) < 4.78 is 0. The van der Waals surface area contributed by atoms with Gasteiger partial charge in [-0.3, -0.25) is 4.79 Å². The van der Waals surface area contributed by atoms with Gasteiger partial charge in [-0.1, -0.05) is 35.9 Å². The molecule has 0 bridgehead atoms. The fourth-order valence-corrected chi connectivity index (χ4v) is 2.63. The lowest BCUT2D eigenvalue weighted by Crippen LogP contribution is -2.27. The van der Waals surface area contributed by atoms with Crippen LogP contribution in [0, 0.1) is 13.8 Å². The number of alkyl halides is 1. The van der Waals surface area contributed by atoms with Gasteiger partial charge in [-0.25, -0.2) is 0 Å². The van der Waals surface area contributed by atoms with Gasteiger partial charge in [0, 0.05) is 11.4 Å². The van der Waals surface area contributed by atoms with E-state index < -0.39 is 0 Å². The SMILES string of the molecule is Cc1ccc(C(C)NC(=O)c2cccc(CCl)c2)c(C)c1. The molecule has 2 nitrogen and oxygen atoms in total. The minimum atomic E-state index is -0.0746. The quantitative estimate of drug-likeness (QED) is 0.826. The van der Waals surface area contributed by atoms with Crippen LogP contribution in [0.2, 0.25) is 0 Å². The van der Waals surface area contributed by atoms with Crippen LogP contribution in [0.15, 0.2) is 42.5 Å². The predicted octanol–water partition coefficient (Wildman–Crippen LogP) is 4.53. The van der Waals surface area contributed by atoms with E-state index in [1.54, 1.807) is 6.07 Å². The Balaban J connectivity index is 2.14. The van der Waals surface area contributed by atoms with Gasteiger partial charge in [-0.2, -0.15) is 0 Å². The van der Waals surface area contributed by atoms with E-state index in [9.17, 15) is 4.79 Å². The van der Waals surface area contributed by atoms with Gasteiger partial charge < -0.3 is 5.32 Å². The second-order valence-corrected chi connectivity index (χ2v) is 5.66. The summed E-state index contributed by atoms with van der Waals surface area (Å²) in [5.74, 6) is 0.336. The Bertz CT molecular complexity index is 651. The van der Waals surface area contributed by atoms with Gasteiger partial charge in [0.1, 0.15) is 0 Å².